The number of aliphatic carboxylic acids is 1. The quantitative estimate of drug-likeness (QED) is 0.698. The number of likely N-dealkylation sites (tertiary alicyclic amines) is 1. The standard InChI is InChI=1S/C13H24N2O3/c1-3-13(12(17)18)7-5-9-15(10-13)11(16)6-8-14-4-2/h14H,3-10H2,1-2H3,(H,17,18). The molecule has 0 spiro atoms. The molecular weight excluding hydrogens is 232 g/mol. The van der Waals surface area contributed by atoms with Crippen molar-refractivity contribution in [1.29, 1.82) is 0 Å². The van der Waals surface area contributed by atoms with Crippen LogP contribution in [-0.4, -0.2) is 48.1 Å². The fourth-order valence-corrected chi connectivity index (χ4v) is 2.49. The van der Waals surface area contributed by atoms with Gasteiger partial charge in [-0.2, -0.15) is 0 Å². The van der Waals surface area contributed by atoms with Crippen LogP contribution >= 0.6 is 0 Å². The highest BCUT2D eigenvalue weighted by atomic mass is 16.4. The Hall–Kier alpha value is -1.10. The van der Waals surface area contributed by atoms with E-state index in [0.717, 1.165) is 13.0 Å². The van der Waals surface area contributed by atoms with Gasteiger partial charge in [-0.3, -0.25) is 9.59 Å². The fraction of sp³-hybridized carbons (Fsp3) is 0.846. The van der Waals surface area contributed by atoms with Gasteiger partial charge in [0.15, 0.2) is 0 Å². The Bertz CT molecular complexity index is 307. The molecule has 0 saturated carbocycles. The molecule has 0 radical (unpaired) electrons. The summed E-state index contributed by atoms with van der Waals surface area (Å²) in [5.41, 5.74) is -0.730. The van der Waals surface area contributed by atoms with Gasteiger partial charge in [0.25, 0.3) is 0 Å². The van der Waals surface area contributed by atoms with Crippen molar-refractivity contribution in [1.82, 2.24) is 10.2 Å². The molecule has 1 atom stereocenters. The Morgan fingerprint density at radius 2 is 2.11 bits per heavy atom. The zero-order valence-electron chi connectivity index (χ0n) is 11.4. The predicted octanol–water partition coefficient (Wildman–Crippen LogP) is 1.09. The van der Waals surface area contributed by atoms with Crippen molar-refractivity contribution in [2.75, 3.05) is 26.2 Å². The number of carbonyl (C=O) groups is 2. The Labute approximate surface area is 109 Å². The van der Waals surface area contributed by atoms with Crippen molar-refractivity contribution in [3.63, 3.8) is 0 Å². The first-order valence-corrected chi connectivity index (χ1v) is 6.77. The molecule has 0 bridgehead atoms. The summed E-state index contributed by atoms with van der Waals surface area (Å²) in [7, 11) is 0. The average molecular weight is 256 g/mol. The lowest BCUT2D eigenvalue weighted by molar-refractivity contribution is -0.155. The zero-order chi connectivity index (χ0) is 13.6. The van der Waals surface area contributed by atoms with Gasteiger partial charge in [0.05, 0.1) is 5.41 Å². The molecule has 0 aromatic rings. The van der Waals surface area contributed by atoms with Gasteiger partial charge in [-0.1, -0.05) is 13.8 Å². The van der Waals surface area contributed by atoms with Crippen LogP contribution in [0.25, 0.3) is 0 Å². The van der Waals surface area contributed by atoms with E-state index in [0.29, 0.717) is 38.9 Å². The molecule has 2 N–H and O–H groups in total. The van der Waals surface area contributed by atoms with Crippen molar-refractivity contribution >= 4 is 11.9 Å². The van der Waals surface area contributed by atoms with E-state index in [1.54, 1.807) is 4.90 Å². The number of rotatable bonds is 6. The highest BCUT2D eigenvalue weighted by molar-refractivity contribution is 5.79. The Balaban J connectivity index is 2.57. The van der Waals surface area contributed by atoms with E-state index in [1.165, 1.54) is 0 Å². The number of nitrogens with one attached hydrogen (secondary N) is 1. The molecule has 1 rings (SSSR count). The third kappa shape index (κ3) is 3.45. The van der Waals surface area contributed by atoms with Gasteiger partial charge in [0, 0.05) is 26.1 Å². The predicted molar refractivity (Wildman–Crippen MR) is 69.3 cm³/mol. The first-order valence-electron chi connectivity index (χ1n) is 6.77. The van der Waals surface area contributed by atoms with Crippen LogP contribution in [-0.2, 0) is 9.59 Å². The Kier molecular flexibility index (Phi) is 5.59. The molecule has 18 heavy (non-hydrogen) atoms. The van der Waals surface area contributed by atoms with Crippen LogP contribution in [0.1, 0.15) is 39.5 Å². The van der Waals surface area contributed by atoms with Crippen molar-refractivity contribution in [3.8, 4) is 0 Å². The number of carbonyl (C=O) groups excluding carboxylic acids is 1. The van der Waals surface area contributed by atoms with Crippen molar-refractivity contribution in [2.45, 2.75) is 39.5 Å². The second kappa shape index (κ2) is 6.73. The van der Waals surface area contributed by atoms with E-state index < -0.39 is 11.4 Å². The zero-order valence-corrected chi connectivity index (χ0v) is 11.4. The number of hydrogen-bond acceptors (Lipinski definition) is 3. The lowest BCUT2D eigenvalue weighted by Gasteiger charge is -2.39. The number of carboxylic acid groups (broad SMARTS) is 1. The number of carboxylic acids is 1. The molecule has 0 aliphatic carbocycles. The van der Waals surface area contributed by atoms with Crippen LogP contribution in [0.2, 0.25) is 0 Å². The number of hydrogen-bond donors (Lipinski definition) is 2. The minimum atomic E-state index is -0.769. The van der Waals surface area contributed by atoms with Crippen molar-refractivity contribution in [3.05, 3.63) is 0 Å². The molecule has 0 aromatic carbocycles. The maximum Gasteiger partial charge on any atom is 0.311 e. The van der Waals surface area contributed by atoms with E-state index in [4.69, 9.17) is 0 Å². The second-order valence-electron chi connectivity index (χ2n) is 4.96. The van der Waals surface area contributed by atoms with Crippen LogP contribution in [0, 0.1) is 5.41 Å². The van der Waals surface area contributed by atoms with Crippen LogP contribution < -0.4 is 5.32 Å². The largest absolute Gasteiger partial charge is 0.481 e. The summed E-state index contributed by atoms with van der Waals surface area (Å²) >= 11 is 0. The van der Waals surface area contributed by atoms with Crippen molar-refractivity contribution < 1.29 is 14.7 Å². The molecule has 1 unspecified atom stereocenters. The van der Waals surface area contributed by atoms with Gasteiger partial charge in [0.2, 0.25) is 5.91 Å². The van der Waals surface area contributed by atoms with E-state index in [-0.39, 0.29) is 5.91 Å². The highest BCUT2D eigenvalue weighted by Crippen LogP contribution is 2.33. The van der Waals surface area contributed by atoms with Gasteiger partial charge >= 0.3 is 5.97 Å². The summed E-state index contributed by atoms with van der Waals surface area (Å²) < 4.78 is 0. The van der Waals surface area contributed by atoms with Crippen molar-refractivity contribution in [2.24, 2.45) is 5.41 Å². The van der Waals surface area contributed by atoms with Crippen LogP contribution in [0.15, 0.2) is 0 Å². The first kappa shape index (κ1) is 15.0. The fourth-order valence-electron chi connectivity index (χ4n) is 2.49. The normalized spacial score (nSPS) is 24.0. The molecule has 0 aromatic heterocycles. The smallest absolute Gasteiger partial charge is 0.311 e. The molecule has 1 heterocycles. The number of piperidine rings is 1. The van der Waals surface area contributed by atoms with E-state index in [9.17, 15) is 14.7 Å². The summed E-state index contributed by atoms with van der Waals surface area (Å²) in [5.74, 6) is -0.705. The second-order valence-corrected chi connectivity index (χ2v) is 4.96. The molecule has 1 saturated heterocycles. The Morgan fingerprint density at radius 1 is 1.39 bits per heavy atom. The summed E-state index contributed by atoms with van der Waals surface area (Å²) in [5, 5.41) is 12.5. The van der Waals surface area contributed by atoms with Gasteiger partial charge in [-0.05, 0) is 25.8 Å². The summed E-state index contributed by atoms with van der Waals surface area (Å²) in [6.45, 7) is 6.46. The number of nitrogens with zero attached hydrogens (tertiary/aromatic N) is 1. The molecule has 5 nitrogen and oxygen atoms in total. The maximum atomic E-state index is 12.0. The SMILES string of the molecule is CCNCCC(=O)N1CCCC(CC)(C(=O)O)C1. The highest BCUT2D eigenvalue weighted by Gasteiger charge is 2.41. The topological polar surface area (TPSA) is 69.6 Å². The average Bonchev–Trinajstić information content (AvgIpc) is 2.38. The third-order valence-electron chi connectivity index (χ3n) is 3.83. The van der Waals surface area contributed by atoms with E-state index >= 15 is 0 Å². The van der Waals surface area contributed by atoms with Gasteiger partial charge in [0.1, 0.15) is 0 Å². The first-order chi connectivity index (χ1) is 8.55. The molecule has 104 valence electrons. The van der Waals surface area contributed by atoms with Crippen LogP contribution in [0.3, 0.4) is 0 Å². The molecule has 1 aliphatic rings. The van der Waals surface area contributed by atoms with Crippen LogP contribution in [0.5, 0.6) is 0 Å². The molecular formula is C13H24N2O3. The lowest BCUT2D eigenvalue weighted by atomic mass is 9.77. The van der Waals surface area contributed by atoms with E-state index in [2.05, 4.69) is 5.32 Å². The third-order valence-corrected chi connectivity index (χ3v) is 3.83. The molecule has 1 amide bonds. The monoisotopic (exact) mass is 256 g/mol. The summed E-state index contributed by atoms with van der Waals surface area (Å²) in [4.78, 5) is 25.1. The van der Waals surface area contributed by atoms with Crippen LogP contribution in [0.4, 0.5) is 0 Å². The summed E-state index contributed by atoms with van der Waals surface area (Å²) in [6.07, 6.45) is 2.50. The number of amides is 1. The molecule has 1 fully saturated rings. The van der Waals surface area contributed by atoms with E-state index in [1.807, 2.05) is 13.8 Å². The minimum absolute atomic E-state index is 0.0646. The summed E-state index contributed by atoms with van der Waals surface area (Å²) in [6, 6.07) is 0. The minimum Gasteiger partial charge on any atom is -0.481 e. The maximum absolute atomic E-state index is 12.0. The molecule has 5 heteroatoms. The van der Waals surface area contributed by atoms with Gasteiger partial charge in [-0.15, -0.1) is 0 Å². The molecule has 1 aliphatic heterocycles. The van der Waals surface area contributed by atoms with Gasteiger partial charge < -0.3 is 15.3 Å². The van der Waals surface area contributed by atoms with Gasteiger partial charge in [-0.25, -0.2) is 0 Å². The Morgan fingerprint density at radius 3 is 2.67 bits per heavy atom. The lowest BCUT2D eigenvalue weighted by Crippen LogP contribution is -2.50.